The highest BCUT2D eigenvalue weighted by Gasteiger charge is 2.01. The van der Waals surface area contributed by atoms with Crippen molar-refractivity contribution in [3.05, 3.63) is 29.8 Å². The molecule has 0 atom stereocenters. The number of carbonyl (C=O) groups is 1. The first-order valence-electron chi connectivity index (χ1n) is 6.27. The Bertz CT molecular complexity index is 451. The molecule has 0 saturated heterocycles. The lowest BCUT2D eigenvalue weighted by Gasteiger charge is -2.10. The monoisotopic (exact) mass is 260 g/mol. The van der Waals surface area contributed by atoms with Crippen molar-refractivity contribution in [2.45, 2.75) is 6.42 Å². The predicted octanol–water partition coefficient (Wildman–Crippen LogP) is 1.04. The van der Waals surface area contributed by atoms with Gasteiger partial charge >= 0.3 is 0 Å². The van der Waals surface area contributed by atoms with Crippen molar-refractivity contribution in [3.63, 3.8) is 0 Å². The van der Waals surface area contributed by atoms with E-state index in [4.69, 9.17) is 5.26 Å². The maximum Gasteiger partial charge on any atom is 0.239 e. The predicted molar refractivity (Wildman–Crippen MR) is 75.8 cm³/mol. The number of hydrogen-bond acceptors (Lipinski definition) is 4. The summed E-state index contributed by atoms with van der Waals surface area (Å²) in [6.45, 7) is 1.85. The molecule has 5 heteroatoms. The second-order valence-electron chi connectivity index (χ2n) is 4.55. The van der Waals surface area contributed by atoms with E-state index in [9.17, 15) is 4.79 Å². The number of benzene rings is 1. The minimum absolute atomic E-state index is 0.0406. The average molecular weight is 260 g/mol. The molecular formula is C14H20N4O. The first kappa shape index (κ1) is 15.0. The normalized spacial score (nSPS) is 10.0. The van der Waals surface area contributed by atoms with Crippen molar-refractivity contribution < 1.29 is 4.79 Å². The molecule has 0 radical (unpaired) electrons. The first-order chi connectivity index (χ1) is 9.11. The van der Waals surface area contributed by atoms with Gasteiger partial charge in [0.15, 0.2) is 0 Å². The molecule has 0 aliphatic heterocycles. The summed E-state index contributed by atoms with van der Waals surface area (Å²) < 4.78 is 0. The van der Waals surface area contributed by atoms with Crippen LogP contribution in [0.2, 0.25) is 0 Å². The van der Waals surface area contributed by atoms with Crippen LogP contribution < -0.4 is 10.6 Å². The van der Waals surface area contributed by atoms with Gasteiger partial charge in [0.2, 0.25) is 5.91 Å². The standard InChI is InChI=1S/C14H20N4O/c1-18(2)8-4-7-16-14(19)11-17-13-6-3-5-12(9-13)10-15/h3,5-6,9,17H,4,7-8,11H2,1-2H3,(H,16,19). The van der Waals surface area contributed by atoms with E-state index in [0.29, 0.717) is 12.1 Å². The van der Waals surface area contributed by atoms with E-state index in [1.807, 2.05) is 20.2 Å². The number of carbonyl (C=O) groups excluding carboxylic acids is 1. The molecule has 1 amide bonds. The van der Waals surface area contributed by atoms with Crippen LogP contribution in [-0.2, 0) is 4.79 Å². The number of anilines is 1. The Morgan fingerprint density at radius 3 is 2.89 bits per heavy atom. The highest BCUT2D eigenvalue weighted by atomic mass is 16.1. The topological polar surface area (TPSA) is 68.2 Å². The zero-order chi connectivity index (χ0) is 14.1. The molecule has 2 N–H and O–H groups in total. The highest BCUT2D eigenvalue weighted by Crippen LogP contribution is 2.08. The van der Waals surface area contributed by atoms with Gasteiger partial charge in [0.1, 0.15) is 0 Å². The third-order valence-electron chi connectivity index (χ3n) is 2.55. The summed E-state index contributed by atoms with van der Waals surface area (Å²) in [7, 11) is 4.01. The molecule has 0 aromatic heterocycles. The third kappa shape index (κ3) is 6.43. The van der Waals surface area contributed by atoms with Crippen molar-refractivity contribution >= 4 is 11.6 Å². The number of hydrogen-bond donors (Lipinski definition) is 2. The number of nitrogens with zero attached hydrogens (tertiary/aromatic N) is 2. The molecule has 0 spiro atoms. The smallest absolute Gasteiger partial charge is 0.239 e. The number of nitriles is 1. The van der Waals surface area contributed by atoms with Gasteiger partial charge in [-0.15, -0.1) is 0 Å². The van der Waals surface area contributed by atoms with Gasteiger partial charge in [-0.1, -0.05) is 6.07 Å². The van der Waals surface area contributed by atoms with Gasteiger partial charge in [0.25, 0.3) is 0 Å². The van der Waals surface area contributed by atoms with Crippen LogP contribution in [0.5, 0.6) is 0 Å². The van der Waals surface area contributed by atoms with Crippen molar-refractivity contribution in [2.75, 3.05) is 39.0 Å². The molecule has 1 aromatic carbocycles. The van der Waals surface area contributed by atoms with Crippen LogP contribution >= 0.6 is 0 Å². The molecular weight excluding hydrogens is 240 g/mol. The fourth-order valence-corrected chi connectivity index (χ4v) is 1.57. The van der Waals surface area contributed by atoms with Crippen molar-refractivity contribution in [2.24, 2.45) is 0 Å². The van der Waals surface area contributed by atoms with E-state index in [1.54, 1.807) is 18.2 Å². The van der Waals surface area contributed by atoms with Crippen LogP contribution in [0.15, 0.2) is 24.3 Å². The van der Waals surface area contributed by atoms with Crippen molar-refractivity contribution in [1.29, 1.82) is 5.26 Å². The Morgan fingerprint density at radius 2 is 2.21 bits per heavy atom. The maximum absolute atomic E-state index is 11.6. The average Bonchev–Trinajstić information content (AvgIpc) is 2.41. The Hall–Kier alpha value is -2.06. The summed E-state index contributed by atoms with van der Waals surface area (Å²) in [5, 5.41) is 14.6. The van der Waals surface area contributed by atoms with Crippen LogP contribution in [-0.4, -0.2) is 44.5 Å². The molecule has 19 heavy (non-hydrogen) atoms. The van der Waals surface area contributed by atoms with Gasteiger partial charge in [0.05, 0.1) is 18.2 Å². The summed E-state index contributed by atoms with van der Waals surface area (Å²) in [6.07, 6.45) is 0.933. The Morgan fingerprint density at radius 1 is 1.42 bits per heavy atom. The highest BCUT2D eigenvalue weighted by molar-refractivity contribution is 5.80. The first-order valence-corrected chi connectivity index (χ1v) is 6.27. The molecule has 0 heterocycles. The fraction of sp³-hybridized carbons (Fsp3) is 0.429. The molecule has 0 unspecified atom stereocenters. The molecule has 5 nitrogen and oxygen atoms in total. The van der Waals surface area contributed by atoms with Gasteiger partial charge in [-0.3, -0.25) is 4.79 Å². The van der Waals surface area contributed by atoms with Crippen molar-refractivity contribution in [3.8, 4) is 6.07 Å². The van der Waals surface area contributed by atoms with Crippen LogP contribution in [0.3, 0.4) is 0 Å². The van der Waals surface area contributed by atoms with Gasteiger partial charge in [0, 0.05) is 12.2 Å². The summed E-state index contributed by atoms with van der Waals surface area (Å²) in [6, 6.07) is 9.13. The van der Waals surface area contributed by atoms with E-state index in [0.717, 1.165) is 18.7 Å². The van der Waals surface area contributed by atoms with E-state index in [2.05, 4.69) is 21.6 Å². The van der Waals surface area contributed by atoms with Gasteiger partial charge in [-0.2, -0.15) is 5.26 Å². The van der Waals surface area contributed by atoms with Crippen LogP contribution in [0.4, 0.5) is 5.69 Å². The maximum atomic E-state index is 11.6. The molecule has 1 aromatic rings. The van der Waals surface area contributed by atoms with Crippen LogP contribution in [0.1, 0.15) is 12.0 Å². The summed E-state index contributed by atoms with van der Waals surface area (Å²) >= 11 is 0. The third-order valence-corrected chi connectivity index (χ3v) is 2.55. The summed E-state index contributed by atoms with van der Waals surface area (Å²) in [5.74, 6) is -0.0406. The van der Waals surface area contributed by atoms with Crippen LogP contribution in [0, 0.1) is 11.3 Å². The molecule has 0 fully saturated rings. The molecule has 0 aliphatic rings. The lowest BCUT2D eigenvalue weighted by atomic mass is 10.2. The Labute approximate surface area is 114 Å². The van der Waals surface area contributed by atoms with E-state index < -0.39 is 0 Å². The number of rotatable bonds is 7. The minimum atomic E-state index is -0.0406. The molecule has 0 bridgehead atoms. The lowest BCUT2D eigenvalue weighted by Crippen LogP contribution is -2.31. The Kier molecular flexibility index (Phi) is 6.41. The minimum Gasteiger partial charge on any atom is -0.376 e. The van der Waals surface area contributed by atoms with Crippen molar-refractivity contribution in [1.82, 2.24) is 10.2 Å². The quantitative estimate of drug-likeness (QED) is 0.719. The fourth-order valence-electron chi connectivity index (χ4n) is 1.57. The zero-order valence-corrected chi connectivity index (χ0v) is 11.4. The second kappa shape index (κ2) is 8.11. The summed E-state index contributed by atoms with van der Waals surface area (Å²) in [5.41, 5.74) is 1.36. The van der Waals surface area contributed by atoms with Gasteiger partial charge in [-0.25, -0.2) is 0 Å². The molecule has 102 valence electrons. The van der Waals surface area contributed by atoms with E-state index in [1.165, 1.54) is 0 Å². The number of amides is 1. The largest absolute Gasteiger partial charge is 0.376 e. The molecule has 0 saturated carbocycles. The van der Waals surface area contributed by atoms with E-state index in [-0.39, 0.29) is 12.5 Å². The molecule has 1 rings (SSSR count). The number of nitrogens with one attached hydrogen (secondary N) is 2. The zero-order valence-electron chi connectivity index (χ0n) is 11.4. The Balaban J connectivity index is 2.24. The summed E-state index contributed by atoms with van der Waals surface area (Å²) in [4.78, 5) is 13.6. The van der Waals surface area contributed by atoms with E-state index >= 15 is 0 Å². The SMILES string of the molecule is CN(C)CCCNC(=O)CNc1cccc(C#N)c1. The lowest BCUT2D eigenvalue weighted by molar-refractivity contribution is -0.119. The second-order valence-corrected chi connectivity index (χ2v) is 4.55. The van der Waals surface area contributed by atoms with Crippen LogP contribution in [0.25, 0.3) is 0 Å². The molecule has 0 aliphatic carbocycles. The van der Waals surface area contributed by atoms with Gasteiger partial charge in [-0.05, 0) is 45.3 Å². The van der Waals surface area contributed by atoms with Gasteiger partial charge < -0.3 is 15.5 Å².